The molecular formula is C34H29N. The number of H-pyrrole nitrogens is 1. The molecule has 1 heterocycles. The average molecular weight is 452 g/mol. The van der Waals surface area contributed by atoms with Gasteiger partial charge in [0.2, 0.25) is 0 Å². The summed E-state index contributed by atoms with van der Waals surface area (Å²) >= 11 is 0. The van der Waals surface area contributed by atoms with Crippen molar-refractivity contribution in [1.29, 1.82) is 0 Å². The van der Waals surface area contributed by atoms with E-state index in [9.17, 15) is 0 Å². The third-order valence-corrected chi connectivity index (χ3v) is 6.95. The summed E-state index contributed by atoms with van der Waals surface area (Å²) in [5.41, 5.74) is 11.2. The molecule has 35 heavy (non-hydrogen) atoms. The van der Waals surface area contributed by atoms with E-state index in [2.05, 4.69) is 141 Å². The van der Waals surface area contributed by atoms with Crippen LogP contribution in [-0.2, 0) is 5.41 Å². The van der Waals surface area contributed by atoms with Crippen molar-refractivity contribution in [3.63, 3.8) is 0 Å². The lowest BCUT2D eigenvalue weighted by Crippen LogP contribution is -2.10. The molecule has 5 aromatic carbocycles. The van der Waals surface area contributed by atoms with Gasteiger partial charge in [-0.15, -0.1) is 0 Å². The number of hydrogen-bond acceptors (Lipinski definition) is 0. The van der Waals surface area contributed by atoms with Crippen LogP contribution in [0.25, 0.3) is 55.2 Å². The summed E-state index contributed by atoms with van der Waals surface area (Å²) in [5.74, 6) is 0. The molecular weight excluding hydrogens is 422 g/mol. The Morgan fingerprint density at radius 2 is 0.914 bits per heavy atom. The maximum atomic E-state index is 3.61. The highest BCUT2D eigenvalue weighted by molar-refractivity contribution is 6.09. The summed E-state index contributed by atoms with van der Waals surface area (Å²) in [7, 11) is 0. The first-order valence-corrected chi connectivity index (χ1v) is 12.3. The number of aromatic nitrogens is 1. The molecule has 0 bridgehead atoms. The molecule has 170 valence electrons. The summed E-state index contributed by atoms with van der Waals surface area (Å²) in [6.45, 7) is 6.82. The highest BCUT2D eigenvalue weighted by Gasteiger charge is 2.16. The zero-order chi connectivity index (χ0) is 24.0. The molecule has 6 aromatic rings. The van der Waals surface area contributed by atoms with Crippen LogP contribution in [0.4, 0.5) is 0 Å². The van der Waals surface area contributed by atoms with Crippen molar-refractivity contribution >= 4 is 21.8 Å². The second-order valence-electron chi connectivity index (χ2n) is 10.4. The van der Waals surface area contributed by atoms with Crippen molar-refractivity contribution in [2.45, 2.75) is 26.2 Å². The molecule has 0 aliphatic heterocycles. The van der Waals surface area contributed by atoms with E-state index in [-0.39, 0.29) is 5.41 Å². The van der Waals surface area contributed by atoms with Gasteiger partial charge in [-0.2, -0.15) is 0 Å². The van der Waals surface area contributed by atoms with Gasteiger partial charge in [0.25, 0.3) is 0 Å². The summed E-state index contributed by atoms with van der Waals surface area (Å²) in [4.78, 5) is 3.61. The highest BCUT2D eigenvalue weighted by Crippen LogP contribution is 2.36. The van der Waals surface area contributed by atoms with Crippen molar-refractivity contribution in [1.82, 2.24) is 4.98 Å². The molecule has 0 unspecified atom stereocenters. The minimum Gasteiger partial charge on any atom is -0.355 e. The summed E-state index contributed by atoms with van der Waals surface area (Å²) in [5, 5.41) is 2.56. The largest absolute Gasteiger partial charge is 0.355 e. The molecule has 0 saturated heterocycles. The van der Waals surface area contributed by atoms with Crippen molar-refractivity contribution in [3.8, 4) is 33.4 Å². The molecule has 0 radical (unpaired) electrons. The molecule has 1 aromatic heterocycles. The predicted octanol–water partition coefficient (Wildman–Crippen LogP) is 9.62. The summed E-state index contributed by atoms with van der Waals surface area (Å²) < 4.78 is 0. The monoisotopic (exact) mass is 451 g/mol. The van der Waals surface area contributed by atoms with Crippen molar-refractivity contribution in [2.75, 3.05) is 0 Å². The molecule has 0 aliphatic carbocycles. The van der Waals surface area contributed by atoms with E-state index in [1.807, 2.05) is 0 Å². The lowest BCUT2D eigenvalue weighted by Gasteiger charge is -2.18. The lowest BCUT2D eigenvalue weighted by molar-refractivity contribution is 0.591. The van der Waals surface area contributed by atoms with Crippen LogP contribution in [0, 0.1) is 0 Å². The van der Waals surface area contributed by atoms with Gasteiger partial charge < -0.3 is 4.98 Å². The van der Waals surface area contributed by atoms with Crippen LogP contribution in [0.5, 0.6) is 0 Å². The van der Waals surface area contributed by atoms with Gasteiger partial charge in [0.05, 0.1) is 0 Å². The fraction of sp³-hybridized carbons (Fsp3) is 0.118. The van der Waals surface area contributed by atoms with Gasteiger partial charge in [-0.3, -0.25) is 0 Å². The Hall–Kier alpha value is -4.10. The second kappa shape index (κ2) is 8.29. The van der Waals surface area contributed by atoms with Gasteiger partial charge in [-0.25, -0.2) is 0 Å². The Bertz CT molecular complexity index is 1590. The average Bonchev–Trinajstić information content (AvgIpc) is 3.26. The van der Waals surface area contributed by atoms with E-state index in [1.54, 1.807) is 0 Å². The standard InChI is InChI=1S/C34H29N/c1-34(2,3)29-15-17-33-31(22-29)30-21-25(14-16-32(30)35-33)28-19-26(23-10-6-4-7-11-23)18-27(20-28)24-12-8-5-9-13-24/h4-22,35H,1-3H3. The number of nitrogens with one attached hydrogen (secondary N) is 1. The molecule has 0 fully saturated rings. The summed E-state index contributed by atoms with van der Waals surface area (Å²) in [6, 6.07) is 41.9. The molecule has 0 saturated carbocycles. The van der Waals surface area contributed by atoms with Gasteiger partial charge >= 0.3 is 0 Å². The van der Waals surface area contributed by atoms with E-state index < -0.39 is 0 Å². The van der Waals surface area contributed by atoms with Crippen LogP contribution in [0.1, 0.15) is 26.3 Å². The summed E-state index contributed by atoms with van der Waals surface area (Å²) in [6.07, 6.45) is 0. The molecule has 0 aliphatic rings. The van der Waals surface area contributed by atoms with E-state index in [4.69, 9.17) is 0 Å². The van der Waals surface area contributed by atoms with Crippen LogP contribution in [0.2, 0.25) is 0 Å². The van der Waals surface area contributed by atoms with E-state index in [0.29, 0.717) is 0 Å². The van der Waals surface area contributed by atoms with Gasteiger partial charge in [-0.1, -0.05) is 93.6 Å². The van der Waals surface area contributed by atoms with Crippen LogP contribution < -0.4 is 0 Å². The Morgan fingerprint density at radius 3 is 1.46 bits per heavy atom. The molecule has 6 rings (SSSR count). The first-order valence-electron chi connectivity index (χ1n) is 12.3. The Morgan fingerprint density at radius 1 is 0.429 bits per heavy atom. The first-order chi connectivity index (χ1) is 17.0. The minimum absolute atomic E-state index is 0.115. The van der Waals surface area contributed by atoms with E-state index >= 15 is 0 Å². The minimum atomic E-state index is 0.115. The lowest BCUT2D eigenvalue weighted by atomic mass is 9.86. The van der Waals surface area contributed by atoms with Crippen LogP contribution in [0.15, 0.2) is 115 Å². The SMILES string of the molecule is CC(C)(C)c1ccc2[nH]c3ccc(-c4cc(-c5ccccc5)cc(-c5ccccc5)c4)cc3c2c1. The number of hydrogen-bond donors (Lipinski definition) is 1. The smallest absolute Gasteiger partial charge is 0.0465 e. The third-order valence-electron chi connectivity index (χ3n) is 6.95. The van der Waals surface area contributed by atoms with Crippen LogP contribution in [-0.4, -0.2) is 4.98 Å². The zero-order valence-corrected chi connectivity index (χ0v) is 20.5. The van der Waals surface area contributed by atoms with E-state index in [0.717, 1.165) is 0 Å². The first kappa shape index (κ1) is 21.4. The Labute approximate surface area is 207 Å². The van der Waals surface area contributed by atoms with Gasteiger partial charge in [0, 0.05) is 21.8 Å². The predicted molar refractivity (Wildman–Crippen MR) is 151 cm³/mol. The highest BCUT2D eigenvalue weighted by atomic mass is 14.7. The van der Waals surface area contributed by atoms with Gasteiger partial charge in [0.15, 0.2) is 0 Å². The van der Waals surface area contributed by atoms with Crippen LogP contribution >= 0.6 is 0 Å². The van der Waals surface area contributed by atoms with E-state index in [1.165, 1.54) is 60.8 Å². The molecule has 1 nitrogen and oxygen atoms in total. The topological polar surface area (TPSA) is 15.8 Å². The number of rotatable bonds is 3. The second-order valence-corrected chi connectivity index (χ2v) is 10.4. The quantitative estimate of drug-likeness (QED) is 0.276. The zero-order valence-electron chi connectivity index (χ0n) is 20.5. The van der Waals surface area contributed by atoms with Gasteiger partial charge in [-0.05, 0) is 86.8 Å². The Balaban J connectivity index is 1.56. The molecule has 1 N–H and O–H groups in total. The number of benzene rings is 5. The molecule has 0 atom stereocenters. The van der Waals surface area contributed by atoms with Crippen molar-refractivity contribution < 1.29 is 0 Å². The number of aromatic amines is 1. The van der Waals surface area contributed by atoms with Gasteiger partial charge in [0.1, 0.15) is 0 Å². The Kier molecular flexibility index (Phi) is 5.07. The molecule has 0 spiro atoms. The normalized spacial score (nSPS) is 11.9. The van der Waals surface area contributed by atoms with Crippen molar-refractivity contribution in [2.24, 2.45) is 0 Å². The fourth-order valence-corrected chi connectivity index (χ4v) is 4.93. The molecule has 1 heteroatoms. The van der Waals surface area contributed by atoms with Crippen LogP contribution in [0.3, 0.4) is 0 Å². The molecule has 0 amide bonds. The number of fused-ring (bicyclic) bond motifs is 3. The maximum absolute atomic E-state index is 3.61. The maximum Gasteiger partial charge on any atom is 0.0465 e. The third kappa shape index (κ3) is 4.04. The van der Waals surface area contributed by atoms with Crippen molar-refractivity contribution in [3.05, 3.63) is 121 Å². The fourth-order valence-electron chi connectivity index (χ4n) is 4.93.